The molecule has 36 heavy (non-hydrogen) atoms. The zero-order valence-corrected chi connectivity index (χ0v) is 20.2. The summed E-state index contributed by atoms with van der Waals surface area (Å²) in [6.45, 7) is 2.65. The first kappa shape index (κ1) is 26.5. The van der Waals surface area contributed by atoms with Gasteiger partial charge in [-0.05, 0) is 24.6 Å². The van der Waals surface area contributed by atoms with Gasteiger partial charge in [0.05, 0.1) is 23.3 Å². The molecule has 0 saturated carbocycles. The van der Waals surface area contributed by atoms with Crippen molar-refractivity contribution in [3.63, 3.8) is 0 Å². The van der Waals surface area contributed by atoms with Crippen molar-refractivity contribution in [2.45, 2.75) is 32.4 Å². The van der Waals surface area contributed by atoms with E-state index in [9.17, 15) is 28.2 Å². The van der Waals surface area contributed by atoms with Crippen LogP contribution in [0.1, 0.15) is 52.7 Å². The number of imide groups is 1. The second-order valence-electron chi connectivity index (χ2n) is 7.87. The zero-order valence-electron chi connectivity index (χ0n) is 19.4. The molecule has 1 aliphatic rings. The number of nitrogens with zero attached hydrogens (tertiary/aromatic N) is 2. The fourth-order valence-corrected chi connectivity index (χ4v) is 5.00. The Morgan fingerprint density at radius 2 is 1.58 bits per heavy atom. The number of benzene rings is 2. The van der Waals surface area contributed by atoms with E-state index in [1.54, 1.807) is 49.4 Å². The minimum atomic E-state index is -3.78. The number of ether oxygens (including phenoxy) is 1. The molecule has 12 nitrogen and oxygen atoms in total. The van der Waals surface area contributed by atoms with Crippen LogP contribution in [0.15, 0.2) is 59.0 Å². The molecule has 2 aromatic carbocycles. The lowest BCUT2D eigenvalue weighted by Gasteiger charge is -2.17. The lowest BCUT2D eigenvalue weighted by Crippen LogP contribution is -2.41. The number of nitrogens with one attached hydrogen (secondary N) is 1. The van der Waals surface area contributed by atoms with Crippen LogP contribution in [0, 0.1) is 0 Å². The fraction of sp³-hybridized carbons (Fsp3) is 0.261. The standard InChI is InChI=1S/C23H24N4O8S/c1-14(16-8-4-3-5-9-16)34-23(32)26-36(33,25-15(2)28)13-17(24)12-20(29)35-27-21(30)18-10-6-7-11-19(18)22(27)31/h3-11,14,17H,12-13,24H2,1-2H3,(H,25,26,28,32,33)/t14-,17-,36?/m0/s1. The molecule has 2 aromatic rings. The molecule has 3 N–H and O–H groups in total. The van der Waals surface area contributed by atoms with Gasteiger partial charge in [0.1, 0.15) is 16.0 Å². The maximum atomic E-state index is 13.2. The van der Waals surface area contributed by atoms with E-state index in [1.807, 2.05) is 0 Å². The van der Waals surface area contributed by atoms with Crippen molar-refractivity contribution >= 4 is 39.7 Å². The first-order chi connectivity index (χ1) is 17.0. The van der Waals surface area contributed by atoms with Gasteiger partial charge in [0.2, 0.25) is 5.91 Å². The highest BCUT2D eigenvalue weighted by Crippen LogP contribution is 2.23. The van der Waals surface area contributed by atoms with Gasteiger partial charge in [-0.25, -0.2) is 13.8 Å². The number of hydroxylamine groups is 2. The second-order valence-corrected chi connectivity index (χ2v) is 9.87. The summed E-state index contributed by atoms with van der Waals surface area (Å²) >= 11 is 0. The number of hydrogen-bond donors (Lipinski definition) is 2. The Labute approximate surface area is 207 Å². The largest absolute Gasteiger partial charge is 0.443 e. The zero-order chi connectivity index (χ0) is 26.5. The Morgan fingerprint density at radius 1 is 1.03 bits per heavy atom. The van der Waals surface area contributed by atoms with Gasteiger partial charge in [-0.15, -0.1) is 4.36 Å². The number of carbonyl (C=O) groups is 5. The van der Waals surface area contributed by atoms with E-state index < -0.39 is 64.0 Å². The Morgan fingerprint density at radius 3 is 2.14 bits per heavy atom. The predicted octanol–water partition coefficient (Wildman–Crippen LogP) is 1.88. The minimum absolute atomic E-state index is 0.0790. The average Bonchev–Trinajstić information content (AvgIpc) is 3.03. The lowest BCUT2D eigenvalue weighted by atomic mass is 10.1. The molecule has 0 bridgehead atoms. The molecule has 4 amide bonds. The normalized spacial score (nSPS) is 15.8. The molecule has 0 aliphatic carbocycles. The van der Waals surface area contributed by atoms with Crippen molar-refractivity contribution in [3.05, 3.63) is 71.3 Å². The van der Waals surface area contributed by atoms with Crippen LogP contribution in [0.2, 0.25) is 0 Å². The summed E-state index contributed by atoms with van der Waals surface area (Å²) in [5.74, 6) is -4.07. The molecule has 13 heteroatoms. The van der Waals surface area contributed by atoms with Crippen LogP contribution in [-0.4, -0.2) is 50.9 Å². The van der Waals surface area contributed by atoms with Gasteiger partial charge in [-0.1, -0.05) is 47.5 Å². The summed E-state index contributed by atoms with van der Waals surface area (Å²) in [6, 6.07) is 13.4. The van der Waals surface area contributed by atoms with Crippen molar-refractivity contribution in [1.82, 2.24) is 9.79 Å². The lowest BCUT2D eigenvalue weighted by molar-refractivity contribution is -0.168. The van der Waals surface area contributed by atoms with Gasteiger partial charge < -0.3 is 15.3 Å². The summed E-state index contributed by atoms with van der Waals surface area (Å²) in [5, 5.41) is 0.317. The molecule has 190 valence electrons. The SMILES string of the molecule is CC(=O)NS(=O)(C[C@@H](N)CC(=O)ON1C(=O)c2ccccc2C1=O)=NC(=O)O[C@@H](C)c1ccccc1. The molecule has 1 unspecified atom stereocenters. The smallest absolute Gasteiger partial charge is 0.440 e. The first-order valence-corrected chi connectivity index (χ1v) is 12.4. The van der Waals surface area contributed by atoms with Gasteiger partial charge in [-0.3, -0.25) is 19.1 Å². The second kappa shape index (κ2) is 11.1. The average molecular weight is 517 g/mol. The number of hydrogen-bond acceptors (Lipinski definition) is 9. The van der Waals surface area contributed by atoms with Crippen LogP contribution in [0.3, 0.4) is 0 Å². The summed E-state index contributed by atoms with van der Waals surface area (Å²) < 4.78 is 23.9. The molecule has 1 heterocycles. The molecule has 1 aliphatic heterocycles. The van der Waals surface area contributed by atoms with Crippen LogP contribution in [0.25, 0.3) is 0 Å². The summed E-state index contributed by atoms with van der Waals surface area (Å²) in [6.07, 6.45) is -2.52. The Hall–Kier alpha value is -4.10. The quantitative estimate of drug-likeness (QED) is 0.496. The van der Waals surface area contributed by atoms with E-state index in [0.717, 1.165) is 6.92 Å². The van der Waals surface area contributed by atoms with Gasteiger partial charge >= 0.3 is 12.1 Å². The van der Waals surface area contributed by atoms with E-state index in [0.29, 0.717) is 10.6 Å². The maximum absolute atomic E-state index is 13.2. The van der Waals surface area contributed by atoms with Crippen LogP contribution in [0.5, 0.6) is 0 Å². The monoisotopic (exact) mass is 516 g/mol. The van der Waals surface area contributed by atoms with Gasteiger partial charge in [-0.2, -0.15) is 0 Å². The molecule has 0 fully saturated rings. The summed E-state index contributed by atoms with van der Waals surface area (Å²) in [4.78, 5) is 65.8. The topological polar surface area (TPSA) is 175 Å². The third-order valence-corrected chi connectivity index (χ3v) is 6.82. The maximum Gasteiger partial charge on any atom is 0.443 e. The Bertz CT molecular complexity index is 1290. The van der Waals surface area contributed by atoms with E-state index in [-0.39, 0.29) is 11.1 Å². The molecular weight excluding hydrogens is 492 g/mol. The first-order valence-electron chi connectivity index (χ1n) is 10.7. The number of amides is 4. The van der Waals surface area contributed by atoms with Gasteiger partial charge in [0.15, 0.2) is 0 Å². The van der Waals surface area contributed by atoms with E-state index in [2.05, 4.69) is 9.08 Å². The van der Waals surface area contributed by atoms with Crippen molar-refractivity contribution in [3.8, 4) is 0 Å². The summed E-state index contributed by atoms with van der Waals surface area (Å²) in [5.41, 5.74) is 6.72. The van der Waals surface area contributed by atoms with E-state index in [4.69, 9.17) is 15.3 Å². The van der Waals surface area contributed by atoms with Crippen LogP contribution >= 0.6 is 0 Å². The minimum Gasteiger partial charge on any atom is -0.440 e. The predicted molar refractivity (Wildman–Crippen MR) is 126 cm³/mol. The molecule has 3 rings (SSSR count). The summed E-state index contributed by atoms with van der Waals surface area (Å²) in [7, 11) is -3.78. The highest BCUT2D eigenvalue weighted by atomic mass is 32.2. The molecule has 0 spiro atoms. The van der Waals surface area contributed by atoms with Crippen molar-refractivity contribution in [2.75, 3.05) is 5.75 Å². The molecular formula is C23H24N4O8S. The van der Waals surface area contributed by atoms with Crippen molar-refractivity contribution < 1.29 is 37.8 Å². The number of nitrogens with two attached hydrogens (primary N) is 1. The number of carbonyl (C=O) groups excluding carboxylic acids is 5. The third kappa shape index (κ3) is 6.52. The fourth-order valence-electron chi connectivity index (χ4n) is 3.36. The molecule has 0 saturated heterocycles. The highest BCUT2D eigenvalue weighted by molar-refractivity contribution is 7.92. The Kier molecular flexibility index (Phi) is 8.17. The van der Waals surface area contributed by atoms with Crippen LogP contribution < -0.4 is 10.5 Å². The van der Waals surface area contributed by atoms with Crippen LogP contribution in [0.4, 0.5) is 4.79 Å². The van der Waals surface area contributed by atoms with Gasteiger partial charge in [0.25, 0.3) is 11.8 Å². The number of fused-ring (bicyclic) bond motifs is 1. The van der Waals surface area contributed by atoms with Gasteiger partial charge in [0, 0.05) is 13.0 Å². The van der Waals surface area contributed by atoms with Crippen molar-refractivity contribution in [2.24, 2.45) is 10.1 Å². The molecule has 3 atom stereocenters. The number of rotatable bonds is 8. The molecule has 0 aromatic heterocycles. The highest BCUT2D eigenvalue weighted by Gasteiger charge is 2.38. The van der Waals surface area contributed by atoms with E-state index in [1.165, 1.54) is 12.1 Å². The van der Waals surface area contributed by atoms with Crippen molar-refractivity contribution in [1.29, 1.82) is 0 Å². The Balaban J connectivity index is 1.65. The van der Waals surface area contributed by atoms with Crippen LogP contribution in [-0.2, 0) is 29.1 Å². The van der Waals surface area contributed by atoms with E-state index >= 15 is 0 Å². The third-order valence-electron chi connectivity index (χ3n) is 4.89. The molecule has 0 radical (unpaired) electrons.